The molecule has 2 aliphatic rings. The first-order valence-corrected chi connectivity index (χ1v) is 5.86. The highest BCUT2D eigenvalue weighted by Crippen LogP contribution is 2.66. The third-order valence-corrected chi connectivity index (χ3v) is 4.54. The highest BCUT2D eigenvalue weighted by Gasteiger charge is 2.67. The third kappa shape index (κ3) is 1.08. The van der Waals surface area contributed by atoms with Crippen molar-refractivity contribution >= 4 is 0 Å². The van der Waals surface area contributed by atoms with Gasteiger partial charge in [0, 0.05) is 12.7 Å². The van der Waals surface area contributed by atoms with Crippen molar-refractivity contribution in [1.82, 2.24) is 0 Å². The van der Waals surface area contributed by atoms with Crippen molar-refractivity contribution < 1.29 is 6.11 Å². The van der Waals surface area contributed by atoms with E-state index >= 15 is 0 Å². The molecule has 0 aromatic carbocycles. The smallest absolute Gasteiger partial charge is 0.0828 e. The van der Waals surface area contributed by atoms with E-state index in [0.29, 0.717) is 0 Å². The minimum atomic E-state index is -0.388. The summed E-state index contributed by atoms with van der Waals surface area (Å²) >= 11 is 0. The maximum Gasteiger partial charge on any atom is 0.0828 e. The van der Waals surface area contributed by atoms with E-state index in [-0.39, 0.29) is 34.8 Å². The minimum Gasteiger partial charge on any atom is -0.370 e. The van der Waals surface area contributed by atoms with Crippen LogP contribution in [0.4, 0.5) is 0 Å². The molecule has 0 aromatic heterocycles. The van der Waals surface area contributed by atoms with Crippen molar-refractivity contribution in [2.45, 2.75) is 59.6 Å². The summed E-state index contributed by atoms with van der Waals surface area (Å²) in [4.78, 5) is 0. The van der Waals surface area contributed by atoms with E-state index in [1.807, 2.05) is 0 Å². The number of ether oxygens (including phenoxy) is 1. The van der Waals surface area contributed by atoms with E-state index in [1.165, 1.54) is 5.57 Å². The fourth-order valence-electron chi connectivity index (χ4n) is 3.55. The quantitative estimate of drug-likeness (QED) is 0.553. The topological polar surface area (TPSA) is 9.23 Å². The molecule has 4 atom stereocenters. The number of hydrogen-bond donors (Lipinski definition) is 0. The highest BCUT2D eigenvalue weighted by atomic mass is 16.5. The average molecular weight is 210 g/mol. The van der Waals surface area contributed by atoms with Gasteiger partial charge in [-0.05, 0) is 18.7 Å². The van der Waals surface area contributed by atoms with Gasteiger partial charge in [-0.3, -0.25) is 0 Å². The zero-order valence-corrected chi connectivity index (χ0v) is 10.8. The second kappa shape index (κ2) is 2.68. The molecule has 2 fully saturated rings. The number of fused-ring (bicyclic) bond motifs is 2. The van der Waals surface area contributed by atoms with Crippen LogP contribution in [0.3, 0.4) is 0 Å². The number of rotatable bonds is 0. The fraction of sp³-hybridized carbons (Fsp3) is 0.857. The summed E-state index contributed by atoms with van der Waals surface area (Å²) in [6.07, 6.45) is -0.0350. The SMILES string of the molecule is [3H]C1C2C(=C)C(C)(C)C1(C(C)(C)C)OC2C. The molecule has 15 heavy (non-hydrogen) atoms. The largest absolute Gasteiger partial charge is 0.370 e. The molecule has 0 amide bonds. The Bertz CT molecular complexity index is 339. The van der Waals surface area contributed by atoms with Crippen molar-refractivity contribution in [2.24, 2.45) is 16.7 Å². The van der Waals surface area contributed by atoms with Crippen LogP contribution in [0.2, 0.25) is 0 Å². The van der Waals surface area contributed by atoms with Gasteiger partial charge in [0.2, 0.25) is 0 Å². The molecule has 1 saturated heterocycles. The van der Waals surface area contributed by atoms with Crippen LogP contribution in [-0.2, 0) is 4.74 Å². The molecule has 0 N–H and O–H groups in total. The average Bonchev–Trinajstić information content (AvgIpc) is 2.42. The third-order valence-electron chi connectivity index (χ3n) is 4.54. The van der Waals surface area contributed by atoms with Gasteiger partial charge >= 0.3 is 0 Å². The standard InChI is InChI=1S/C14H24O/c1-9-11-8-14(12(3,4)5,13(9,6)7)15-10(11)2/h10-11H,1,8H2,2-7H3/i8T. The van der Waals surface area contributed by atoms with Crippen molar-refractivity contribution in [3.8, 4) is 0 Å². The lowest BCUT2D eigenvalue weighted by Crippen LogP contribution is -2.54. The van der Waals surface area contributed by atoms with Gasteiger partial charge < -0.3 is 4.74 Å². The summed E-state index contributed by atoms with van der Waals surface area (Å²) in [5.74, 6) is 0.203. The van der Waals surface area contributed by atoms with Gasteiger partial charge in [0.1, 0.15) is 0 Å². The molecule has 0 spiro atoms. The van der Waals surface area contributed by atoms with Gasteiger partial charge in [-0.2, -0.15) is 0 Å². The lowest BCUT2D eigenvalue weighted by Gasteiger charge is -2.52. The molecule has 1 heterocycles. The molecule has 0 aromatic rings. The fourth-order valence-corrected chi connectivity index (χ4v) is 3.55. The van der Waals surface area contributed by atoms with Gasteiger partial charge in [0.15, 0.2) is 0 Å². The predicted molar refractivity (Wildman–Crippen MR) is 63.8 cm³/mol. The summed E-state index contributed by atoms with van der Waals surface area (Å²) in [6.45, 7) is 17.3. The van der Waals surface area contributed by atoms with Gasteiger partial charge in [0.05, 0.1) is 11.7 Å². The van der Waals surface area contributed by atoms with Gasteiger partial charge in [0.25, 0.3) is 0 Å². The second-order valence-electron chi connectivity index (χ2n) is 6.65. The molecule has 1 nitrogen and oxygen atoms in total. The van der Waals surface area contributed by atoms with Crippen LogP contribution in [0.1, 0.15) is 49.3 Å². The monoisotopic (exact) mass is 210 g/mol. The van der Waals surface area contributed by atoms with Crippen LogP contribution in [0.15, 0.2) is 12.2 Å². The highest BCUT2D eigenvalue weighted by molar-refractivity contribution is 5.32. The lowest BCUT2D eigenvalue weighted by atomic mass is 9.62. The first kappa shape index (κ1) is 9.89. The molecule has 86 valence electrons. The maximum absolute atomic E-state index is 8.54. The number of hydrogen-bond acceptors (Lipinski definition) is 1. The first-order chi connectivity index (χ1) is 7.07. The molecule has 1 saturated carbocycles. The zero-order valence-electron chi connectivity index (χ0n) is 11.8. The lowest BCUT2D eigenvalue weighted by molar-refractivity contribution is -0.169. The van der Waals surface area contributed by atoms with Crippen LogP contribution in [0.25, 0.3) is 0 Å². The van der Waals surface area contributed by atoms with E-state index < -0.39 is 0 Å². The molecule has 0 radical (unpaired) electrons. The van der Waals surface area contributed by atoms with Crippen LogP contribution < -0.4 is 0 Å². The summed E-state index contributed by atoms with van der Waals surface area (Å²) in [5.41, 5.74) is 0.683. The molecule has 1 aliphatic heterocycles. The van der Waals surface area contributed by atoms with E-state index in [9.17, 15) is 0 Å². The zero-order chi connectivity index (χ0) is 12.5. The Morgan fingerprint density at radius 1 is 1.47 bits per heavy atom. The van der Waals surface area contributed by atoms with E-state index in [1.54, 1.807) is 0 Å². The predicted octanol–water partition coefficient (Wildman–Crippen LogP) is 3.79. The van der Waals surface area contributed by atoms with Gasteiger partial charge in [-0.1, -0.05) is 46.8 Å². The van der Waals surface area contributed by atoms with Crippen molar-refractivity contribution in [3.05, 3.63) is 12.2 Å². The summed E-state index contributed by atoms with van der Waals surface area (Å²) in [7, 11) is 0. The maximum atomic E-state index is 8.54. The molecular formula is C14H24O. The van der Waals surface area contributed by atoms with E-state index in [0.717, 1.165) is 0 Å². The molecule has 1 aliphatic carbocycles. The first-order valence-electron chi connectivity index (χ1n) is 6.44. The van der Waals surface area contributed by atoms with Crippen LogP contribution in [0, 0.1) is 16.7 Å². The normalized spacial score (nSPS) is 49.6. The Labute approximate surface area is 95.3 Å². The van der Waals surface area contributed by atoms with Crippen molar-refractivity contribution in [3.63, 3.8) is 0 Å². The van der Waals surface area contributed by atoms with Gasteiger partial charge in [-0.15, -0.1) is 0 Å². The van der Waals surface area contributed by atoms with E-state index in [2.05, 4.69) is 48.1 Å². The van der Waals surface area contributed by atoms with Crippen LogP contribution in [0.5, 0.6) is 0 Å². The molecule has 2 bridgehead atoms. The second-order valence-corrected chi connectivity index (χ2v) is 6.65. The molecule has 1 heteroatoms. The summed E-state index contributed by atoms with van der Waals surface area (Å²) < 4.78 is 14.8. The Hall–Kier alpha value is -0.300. The van der Waals surface area contributed by atoms with Crippen molar-refractivity contribution in [1.29, 1.82) is 0 Å². The Balaban J connectivity index is 2.62. The molecule has 4 unspecified atom stereocenters. The Kier molecular flexibility index (Phi) is 1.77. The van der Waals surface area contributed by atoms with E-state index in [4.69, 9.17) is 6.11 Å². The van der Waals surface area contributed by atoms with Gasteiger partial charge in [-0.25, -0.2) is 0 Å². The summed E-state index contributed by atoms with van der Waals surface area (Å²) in [5, 5.41) is 0. The Morgan fingerprint density at radius 2 is 2.00 bits per heavy atom. The summed E-state index contributed by atoms with van der Waals surface area (Å²) in [6, 6.07) is 0. The van der Waals surface area contributed by atoms with Crippen molar-refractivity contribution in [2.75, 3.05) is 0 Å². The van der Waals surface area contributed by atoms with Crippen LogP contribution >= 0.6 is 0 Å². The van der Waals surface area contributed by atoms with Crippen LogP contribution in [-0.4, -0.2) is 11.7 Å². The Morgan fingerprint density at radius 3 is 2.33 bits per heavy atom. The minimum absolute atomic E-state index is 0.0363. The molecule has 2 rings (SSSR count). The molecular weight excluding hydrogens is 184 g/mol.